The first-order valence-electron chi connectivity index (χ1n) is 10.9. The lowest BCUT2D eigenvalue weighted by Crippen LogP contribution is -2.51. The number of morpholine rings is 1. The highest BCUT2D eigenvalue weighted by Gasteiger charge is 2.24. The largest absolute Gasteiger partial charge is 0.379 e. The Bertz CT molecular complexity index is 468. The molecule has 7 heteroatoms. The standard InChI is InChI=1S/C20H36N4O3/c25-19(7-4-10-23-13-15-27-16-14-23)24-11-8-18(9-12-24)22-20(26)21-17-5-2-1-3-6-17/h17-18H,1-16H2,(H2,21,22,26). The summed E-state index contributed by atoms with van der Waals surface area (Å²) < 4.78 is 5.35. The van der Waals surface area contributed by atoms with E-state index in [2.05, 4.69) is 15.5 Å². The van der Waals surface area contributed by atoms with Gasteiger partial charge in [-0.2, -0.15) is 0 Å². The molecule has 0 bridgehead atoms. The van der Waals surface area contributed by atoms with Gasteiger partial charge in [-0.15, -0.1) is 0 Å². The van der Waals surface area contributed by atoms with Crippen LogP contribution in [0.3, 0.4) is 0 Å². The molecule has 1 aliphatic carbocycles. The lowest BCUT2D eigenvalue weighted by Gasteiger charge is -2.33. The van der Waals surface area contributed by atoms with Crippen LogP contribution in [-0.2, 0) is 9.53 Å². The molecule has 2 N–H and O–H groups in total. The van der Waals surface area contributed by atoms with E-state index in [1.807, 2.05) is 4.90 Å². The van der Waals surface area contributed by atoms with E-state index >= 15 is 0 Å². The molecule has 0 aromatic heterocycles. The molecular formula is C20H36N4O3. The second kappa shape index (κ2) is 10.9. The fraction of sp³-hybridized carbons (Fsp3) is 0.900. The molecule has 0 atom stereocenters. The Morgan fingerprint density at radius 1 is 0.852 bits per heavy atom. The number of urea groups is 1. The van der Waals surface area contributed by atoms with Crippen LogP contribution in [0.5, 0.6) is 0 Å². The molecular weight excluding hydrogens is 344 g/mol. The molecule has 0 radical (unpaired) electrons. The van der Waals surface area contributed by atoms with E-state index in [0.717, 1.165) is 78.0 Å². The minimum absolute atomic E-state index is 0.0304. The Morgan fingerprint density at radius 3 is 2.15 bits per heavy atom. The summed E-state index contributed by atoms with van der Waals surface area (Å²) in [4.78, 5) is 28.9. The summed E-state index contributed by atoms with van der Waals surface area (Å²) in [6, 6.07) is 0.495. The maximum atomic E-state index is 12.4. The van der Waals surface area contributed by atoms with Crippen molar-refractivity contribution in [3.63, 3.8) is 0 Å². The number of rotatable bonds is 6. The third-order valence-electron chi connectivity index (χ3n) is 6.09. The minimum Gasteiger partial charge on any atom is -0.379 e. The molecule has 2 heterocycles. The highest BCUT2D eigenvalue weighted by molar-refractivity contribution is 5.76. The lowest BCUT2D eigenvalue weighted by molar-refractivity contribution is -0.132. The Morgan fingerprint density at radius 2 is 1.48 bits per heavy atom. The first-order valence-corrected chi connectivity index (χ1v) is 10.9. The number of amides is 3. The average molecular weight is 381 g/mol. The SMILES string of the molecule is O=C(NC1CCCCC1)NC1CCN(C(=O)CCCN2CCOCC2)CC1. The maximum absolute atomic E-state index is 12.4. The first kappa shape index (κ1) is 20.4. The molecule has 0 aromatic rings. The molecule has 0 spiro atoms. The number of hydrogen-bond donors (Lipinski definition) is 2. The van der Waals surface area contributed by atoms with Gasteiger partial charge >= 0.3 is 6.03 Å². The maximum Gasteiger partial charge on any atom is 0.315 e. The number of hydrogen-bond acceptors (Lipinski definition) is 4. The van der Waals surface area contributed by atoms with Crippen LogP contribution in [0.25, 0.3) is 0 Å². The summed E-state index contributed by atoms with van der Waals surface area (Å²) >= 11 is 0. The Kier molecular flexibility index (Phi) is 8.20. The molecule has 154 valence electrons. The summed E-state index contributed by atoms with van der Waals surface area (Å²) in [6.07, 6.45) is 9.18. The summed E-state index contributed by atoms with van der Waals surface area (Å²) in [7, 11) is 0. The average Bonchev–Trinajstić information content (AvgIpc) is 2.70. The van der Waals surface area contributed by atoms with Gasteiger partial charge in [0, 0.05) is 44.7 Å². The summed E-state index contributed by atoms with van der Waals surface area (Å²) in [6.45, 7) is 6.07. The van der Waals surface area contributed by atoms with Crippen LogP contribution in [0.1, 0.15) is 57.8 Å². The van der Waals surface area contributed by atoms with Crippen molar-refractivity contribution in [1.82, 2.24) is 20.4 Å². The summed E-state index contributed by atoms with van der Waals surface area (Å²) in [5, 5.41) is 6.22. The first-order chi connectivity index (χ1) is 13.2. The molecule has 3 rings (SSSR count). The topological polar surface area (TPSA) is 73.9 Å². The molecule has 3 amide bonds. The van der Waals surface area contributed by atoms with Crippen molar-refractivity contribution in [3.05, 3.63) is 0 Å². The van der Waals surface area contributed by atoms with Gasteiger partial charge < -0.3 is 20.3 Å². The van der Waals surface area contributed by atoms with Crippen molar-refractivity contribution < 1.29 is 14.3 Å². The quantitative estimate of drug-likeness (QED) is 0.736. The van der Waals surface area contributed by atoms with E-state index in [9.17, 15) is 9.59 Å². The Labute approximate surface area is 163 Å². The number of piperidine rings is 1. The highest BCUT2D eigenvalue weighted by Crippen LogP contribution is 2.17. The third-order valence-corrected chi connectivity index (χ3v) is 6.09. The van der Waals surface area contributed by atoms with Gasteiger partial charge in [0.25, 0.3) is 0 Å². The van der Waals surface area contributed by atoms with Gasteiger partial charge in [0.1, 0.15) is 0 Å². The summed E-state index contributed by atoms with van der Waals surface area (Å²) in [5.74, 6) is 0.258. The number of likely N-dealkylation sites (tertiary alicyclic amines) is 1. The van der Waals surface area contributed by atoms with Gasteiger partial charge in [-0.1, -0.05) is 19.3 Å². The second-order valence-corrected chi connectivity index (χ2v) is 8.17. The molecule has 7 nitrogen and oxygen atoms in total. The predicted octanol–water partition coefficient (Wildman–Crippen LogP) is 1.72. The molecule has 0 unspecified atom stereocenters. The van der Waals surface area contributed by atoms with Crippen molar-refractivity contribution in [2.45, 2.75) is 69.9 Å². The van der Waals surface area contributed by atoms with Crippen LogP contribution in [0.4, 0.5) is 4.79 Å². The zero-order valence-electron chi connectivity index (χ0n) is 16.6. The summed E-state index contributed by atoms with van der Waals surface area (Å²) in [5.41, 5.74) is 0. The lowest BCUT2D eigenvalue weighted by atomic mass is 9.96. The van der Waals surface area contributed by atoms with Crippen LogP contribution in [0.15, 0.2) is 0 Å². The van der Waals surface area contributed by atoms with Crippen LogP contribution < -0.4 is 10.6 Å². The Hall–Kier alpha value is -1.34. The van der Waals surface area contributed by atoms with Crippen molar-refractivity contribution in [2.75, 3.05) is 45.9 Å². The molecule has 1 saturated carbocycles. The fourth-order valence-corrected chi connectivity index (χ4v) is 4.37. The van der Waals surface area contributed by atoms with Gasteiger partial charge in [-0.25, -0.2) is 4.79 Å². The van der Waals surface area contributed by atoms with Crippen molar-refractivity contribution in [2.24, 2.45) is 0 Å². The molecule has 27 heavy (non-hydrogen) atoms. The van der Waals surface area contributed by atoms with Crippen molar-refractivity contribution >= 4 is 11.9 Å². The van der Waals surface area contributed by atoms with Gasteiger partial charge in [0.2, 0.25) is 5.91 Å². The zero-order valence-corrected chi connectivity index (χ0v) is 16.6. The molecule has 2 aliphatic heterocycles. The number of nitrogens with one attached hydrogen (secondary N) is 2. The van der Waals surface area contributed by atoms with Crippen LogP contribution in [0.2, 0.25) is 0 Å². The number of carbonyl (C=O) groups is 2. The van der Waals surface area contributed by atoms with Crippen LogP contribution in [0, 0.1) is 0 Å². The van der Waals surface area contributed by atoms with Gasteiger partial charge in [0.15, 0.2) is 0 Å². The second-order valence-electron chi connectivity index (χ2n) is 8.17. The van der Waals surface area contributed by atoms with Gasteiger partial charge in [-0.05, 0) is 38.6 Å². The van der Waals surface area contributed by atoms with Gasteiger partial charge in [-0.3, -0.25) is 9.69 Å². The smallest absolute Gasteiger partial charge is 0.315 e. The van der Waals surface area contributed by atoms with Crippen LogP contribution >= 0.6 is 0 Å². The zero-order chi connectivity index (χ0) is 18.9. The number of carbonyl (C=O) groups excluding carboxylic acids is 2. The molecule has 3 fully saturated rings. The van der Waals surface area contributed by atoms with Gasteiger partial charge in [0.05, 0.1) is 13.2 Å². The molecule has 3 aliphatic rings. The molecule has 2 saturated heterocycles. The minimum atomic E-state index is -0.0304. The van der Waals surface area contributed by atoms with Crippen molar-refractivity contribution in [1.29, 1.82) is 0 Å². The predicted molar refractivity (Wildman–Crippen MR) is 105 cm³/mol. The molecule has 0 aromatic carbocycles. The van der Waals surface area contributed by atoms with E-state index in [1.165, 1.54) is 19.3 Å². The monoisotopic (exact) mass is 380 g/mol. The van der Waals surface area contributed by atoms with E-state index < -0.39 is 0 Å². The highest BCUT2D eigenvalue weighted by atomic mass is 16.5. The van der Waals surface area contributed by atoms with E-state index in [1.54, 1.807) is 0 Å². The van der Waals surface area contributed by atoms with E-state index in [4.69, 9.17) is 4.74 Å². The normalized spacial score (nSPS) is 23.2. The van der Waals surface area contributed by atoms with Crippen LogP contribution in [-0.4, -0.2) is 79.8 Å². The number of nitrogens with zero attached hydrogens (tertiary/aromatic N) is 2. The third kappa shape index (κ3) is 6.96. The van der Waals surface area contributed by atoms with Crippen molar-refractivity contribution in [3.8, 4) is 0 Å². The fourth-order valence-electron chi connectivity index (χ4n) is 4.37. The number of ether oxygens (including phenoxy) is 1. The van der Waals surface area contributed by atoms with E-state index in [-0.39, 0.29) is 18.0 Å². The van der Waals surface area contributed by atoms with E-state index in [0.29, 0.717) is 12.5 Å². The Balaban J connectivity index is 1.27.